The number of hydrogen-bond donors (Lipinski definition) is 2. The van der Waals surface area contributed by atoms with E-state index in [1.807, 2.05) is 60.7 Å². The van der Waals surface area contributed by atoms with Gasteiger partial charge in [-0.05, 0) is 88.5 Å². The van der Waals surface area contributed by atoms with Crippen LogP contribution < -0.4 is 14.9 Å². The highest BCUT2D eigenvalue weighted by Gasteiger charge is 2.26. The van der Waals surface area contributed by atoms with Gasteiger partial charge in [-0.2, -0.15) is 0 Å². The first kappa shape index (κ1) is 44.4. The van der Waals surface area contributed by atoms with Crippen molar-refractivity contribution in [1.82, 2.24) is 19.8 Å². The molecule has 0 aliphatic carbocycles. The molecule has 65 heavy (non-hydrogen) atoms. The molecule has 0 amide bonds. The number of nitro groups is 1. The second-order valence-corrected chi connectivity index (χ2v) is 19.5. The normalized spacial score (nSPS) is 15.6. The highest BCUT2D eigenvalue weighted by molar-refractivity contribution is 7.99. The number of thioether (sulfide) groups is 1. The van der Waals surface area contributed by atoms with E-state index in [2.05, 4.69) is 83.2 Å². The van der Waals surface area contributed by atoms with E-state index in [4.69, 9.17) is 16.3 Å². The van der Waals surface area contributed by atoms with E-state index < -0.39 is 14.9 Å². The van der Waals surface area contributed by atoms with Gasteiger partial charge in [-0.1, -0.05) is 78.3 Å². The molecule has 9 rings (SSSR count). The molecule has 0 saturated carbocycles. The van der Waals surface area contributed by atoms with Crippen LogP contribution in [0.25, 0.3) is 32.8 Å². The zero-order valence-corrected chi connectivity index (χ0v) is 38.1. The molecule has 0 radical (unpaired) electrons. The lowest BCUT2D eigenvalue weighted by Gasteiger charge is -2.36. The number of benzene rings is 6. The van der Waals surface area contributed by atoms with Crippen molar-refractivity contribution in [3.8, 4) is 11.1 Å². The molecule has 2 fully saturated rings. The van der Waals surface area contributed by atoms with Gasteiger partial charge in [-0.25, -0.2) is 18.4 Å². The van der Waals surface area contributed by atoms with Crippen molar-refractivity contribution >= 4 is 77.9 Å². The molecule has 0 spiro atoms. The first-order valence-corrected chi connectivity index (χ1v) is 24.6. The van der Waals surface area contributed by atoms with E-state index >= 15 is 0 Å². The molecular formula is C49H49ClN8O5S2. The Morgan fingerprint density at radius 3 is 2.35 bits per heavy atom. The third-order valence-electron chi connectivity index (χ3n) is 12.1. The van der Waals surface area contributed by atoms with Gasteiger partial charge < -0.3 is 15.0 Å². The zero-order valence-electron chi connectivity index (χ0n) is 35.7. The van der Waals surface area contributed by atoms with Crippen LogP contribution >= 0.6 is 23.4 Å². The monoisotopic (exact) mass is 928 g/mol. The van der Waals surface area contributed by atoms with Crippen molar-refractivity contribution < 1.29 is 18.1 Å². The van der Waals surface area contributed by atoms with Crippen LogP contribution in [0.5, 0.6) is 0 Å². The van der Waals surface area contributed by atoms with Crippen LogP contribution in [0.15, 0.2) is 144 Å². The number of piperazine rings is 1. The van der Waals surface area contributed by atoms with Crippen molar-refractivity contribution in [1.29, 1.82) is 0 Å². The van der Waals surface area contributed by atoms with Gasteiger partial charge in [0.15, 0.2) is 5.82 Å². The van der Waals surface area contributed by atoms with Gasteiger partial charge in [0.2, 0.25) is 0 Å². The number of nitrogens with one attached hydrogen (secondary N) is 2. The number of halogens is 1. The highest BCUT2D eigenvalue weighted by atomic mass is 35.5. The summed E-state index contributed by atoms with van der Waals surface area (Å²) in [6.07, 6.45) is 2.06. The molecule has 0 unspecified atom stereocenters. The molecule has 3 heterocycles. The van der Waals surface area contributed by atoms with E-state index in [-0.39, 0.29) is 28.1 Å². The Morgan fingerprint density at radius 2 is 1.57 bits per heavy atom. The summed E-state index contributed by atoms with van der Waals surface area (Å²) in [5.74, 6) is 0.744. The number of fused-ring (bicyclic) bond motifs is 2. The lowest BCUT2D eigenvalue weighted by Crippen LogP contribution is -2.46. The molecule has 1 atom stereocenters. The minimum Gasteiger partial charge on any atom is -0.379 e. The van der Waals surface area contributed by atoms with Crippen molar-refractivity contribution in [3.05, 3.63) is 154 Å². The Kier molecular flexibility index (Phi) is 13.8. The van der Waals surface area contributed by atoms with Gasteiger partial charge in [0.1, 0.15) is 12.0 Å². The van der Waals surface area contributed by atoms with Gasteiger partial charge in [0, 0.05) is 91.2 Å². The fourth-order valence-electron chi connectivity index (χ4n) is 8.57. The topological polar surface area (TPSA) is 146 Å². The van der Waals surface area contributed by atoms with Gasteiger partial charge >= 0.3 is 0 Å². The van der Waals surface area contributed by atoms with Crippen LogP contribution in [0.1, 0.15) is 12.0 Å². The zero-order chi connectivity index (χ0) is 44.8. The molecule has 0 bridgehead atoms. The number of aromatic nitrogens is 2. The standard InChI is InChI=1S/C49H49ClN8O5S2/c50-38-14-12-36(13-15-38)48-37(11-10-35-6-4-5-9-43(35)48)32-56-22-24-57(25-23-56)40-16-18-44-46(30-40)51-34-52-49(44)54-65(61,62)42-17-19-45(47(31-42)58(59)60)53-39(20-21-55-26-28-63-29-27-55)33-64-41-7-2-1-3-8-41/h1-19,30-31,34,39,53H,20-29,32-33H2,(H,51,52,54)/t39-/m1/s1. The smallest absolute Gasteiger partial charge is 0.293 e. The minimum atomic E-state index is -4.29. The highest BCUT2D eigenvalue weighted by Crippen LogP contribution is 2.35. The number of anilines is 3. The molecule has 334 valence electrons. The molecule has 2 N–H and O–H groups in total. The van der Waals surface area contributed by atoms with Crippen LogP contribution in [0.4, 0.5) is 22.9 Å². The summed E-state index contributed by atoms with van der Waals surface area (Å²) in [7, 11) is -4.29. The lowest BCUT2D eigenvalue weighted by atomic mass is 9.93. The number of nitrogens with zero attached hydrogens (tertiary/aromatic N) is 6. The molecule has 13 nitrogen and oxygen atoms in total. The average Bonchev–Trinajstić information content (AvgIpc) is 3.33. The van der Waals surface area contributed by atoms with Gasteiger partial charge in [0.05, 0.1) is 28.5 Å². The maximum absolute atomic E-state index is 13.9. The van der Waals surface area contributed by atoms with E-state index in [1.165, 1.54) is 40.4 Å². The first-order valence-electron chi connectivity index (χ1n) is 21.7. The van der Waals surface area contributed by atoms with Crippen LogP contribution in [-0.2, 0) is 21.3 Å². The third kappa shape index (κ3) is 10.7. The molecular weight excluding hydrogens is 880 g/mol. The van der Waals surface area contributed by atoms with E-state index in [1.54, 1.807) is 11.8 Å². The predicted molar refractivity (Wildman–Crippen MR) is 262 cm³/mol. The number of ether oxygens (including phenoxy) is 1. The minimum absolute atomic E-state index is 0.0872. The number of morpholine rings is 1. The summed E-state index contributed by atoms with van der Waals surface area (Å²) in [6, 6.07) is 40.5. The number of sulfonamides is 1. The summed E-state index contributed by atoms with van der Waals surface area (Å²) in [4.78, 5) is 28.7. The number of hydrogen-bond acceptors (Lipinski definition) is 12. The molecule has 7 aromatic rings. The summed E-state index contributed by atoms with van der Waals surface area (Å²) in [5, 5.41) is 19.5. The maximum atomic E-state index is 13.9. The van der Waals surface area contributed by atoms with Crippen LogP contribution in [0.3, 0.4) is 0 Å². The fourth-order valence-corrected chi connectivity index (χ4v) is 10.7. The van der Waals surface area contributed by atoms with Gasteiger partial charge in [-0.15, -0.1) is 11.8 Å². The molecule has 6 aromatic carbocycles. The van der Waals surface area contributed by atoms with Crippen LogP contribution in [0.2, 0.25) is 5.02 Å². The van der Waals surface area contributed by atoms with E-state index in [0.717, 1.165) is 81.0 Å². The molecule has 16 heteroatoms. The molecule has 2 saturated heterocycles. The summed E-state index contributed by atoms with van der Waals surface area (Å²) in [6.45, 7) is 7.91. The van der Waals surface area contributed by atoms with Crippen molar-refractivity contribution in [3.63, 3.8) is 0 Å². The summed E-state index contributed by atoms with van der Waals surface area (Å²) < 4.78 is 35.9. The Hall–Kier alpha value is -5.81. The van der Waals surface area contributed by atoms with Crippen LogP contribution in [0, 0.1) is 10.1 Å². The van der Waals surface area contributed by atoms with E-state index in [9.17, 15) is 18.5 Å². The lowest BCUT2D eigenvalue weighted by molar-refractivity contribution is -0.384. The SMILES string of the molecule is O=[N+]([O-])c1cc(S(=O)(=O)Nc2ncnc3cc(N4CCN(Cc5ccc6ccccc6c5-c5ccc(Cl)cc5)CC4)ccc23)ccc1N[C@H](CCN1CCOCC1)CSc1ccccc1. The number of nitro benzene ring substituents is 1. The largest absolute Gasteiger partial charge is 0.379 e. The van der Waals surface area contributed by atoms with Gasteiger partial charge in [0.25, 0.3) is 15.7 Å². The Balaban J connectivity index is 0.875. The van der Waals surface area contributed by atoms with Crippen molar-refractivity contribution in [2.45, 2.75) is 28.8 Å². The second-order valence-electron chi connectivity index (χ2n) is 16.3. The predicted octanol–water partition coefficient (Wildman–Crippen LogP) is 9.43. The van der Waals surface area contributed by atoms with Crippen LogP contribution in [-0.4, -0.2) is 104 Å². The quantitative estimate of drug-likeness (QED) is 0.0541. The Morgan fingerprint density at radius 1 is 0.800 bits per heavy atom. The van der Waals surface area contributed by atoms with E-state index in [0.29, 0.717) is 34.9 Å². The average molecular weight is 930 g/mol. The maximum Gasteiger partial charge on any atom is 0.293 e. The summed E-state index contributed by atoms with van der Waals surface area (Å²) in [5.41, 5.74) is 5.10. The Bertz CT molecular complexity index is 2900. The molecule has 2 aliphatic rings. The Labute approximate surface area is 388 Å². The molecule has 1 aromatic heterocycles. The molecule has 2 aliphatic heterocycles. The fraction of sp³-hybridized carbons (Fsp3) is 0.265. The third-order valence-corrected chi connectivity index (χ3v) is 14.8. The number of rotatable bonds is 16. The first-order chi connectivity index (χ1) is 31.7. The van der Waals surface area contributed by atoms with Gasteiger partial charge in [-0.3, -0.25) is 24.6 Å². The second kappa shape index (κ2) is 20.1. The summed E-state index contributed by atoms with van der Waals surface area (Å²) >= 11 is 7.93. The van der Waals surface area contributed by atoms with Crippen molar-refractivity contribution in [2.75, 3.05) is 79.7 Å². The van der Waals surface area contributed by atoms with Crippen molar-refractivity contribution in [2.24, 2.45) is 0 Å².